The average Bonchev–Trinajstić information content (AvgIpc) is 2.82. The Hall–Kier alpha value is -0.420. The minimum Gasteiger partial charge on any atom is -0.374 e. The Morgan fingerprint density at radius 1 is 1.50 bits per heavy atom. The van der Waals surface area contributed by atoms with E-state index in [1.807, 2.05) is 11.3 Å². The number of nitrogens with zero attached hydrogens (tertiary/aromatic N) is 1. The Morgan fingerprint density at radius 2 is 2.33 bits per heavy atom. The third-order valence-corrected chi connectivity index (χ3v) is 4.57. The maximum Gasteiger partial charge on any atom is 0.0904 e. The van der Waals surface area contributed by atoms with Crippen molar-refractivity contribution in [1.29, 1.82) is 0 Å². The molecule has 4 heteroatoms. The standard InChI is InChI=1S/C14H24N2OS/c1-4-15-14(13-7-6-11(3)18-13)12-10-16(5-2)8-9-17-12/h6-7,12,14-15H,4-5,8-10H2,1-3H3. The van der Waals surface area contributed by atoms with Crippen LogP contribution in [0.5, 0.6) is 0 Å². The second kappa shape index (κ2) is 6.66. The fourth-order valence-corrected chi connectivity index (χ4v) is 3.48. The van der Waals surface area contributed by atoms with E-state index >= 15 is 0 Å². The number of thiophene rings is 1. The largest absolute Gasteiger partial charge is 0.374 e. The predicted octanol–water partition coefficient (Wildman–Crippen LogP) is 2.43. The smallest absolute Gasteiger partial charge is 0.0904 e. The summed E-state index contributed by atoms with van der Waals surface area (Å²) in [5, 5.41) is 3.59. The number of ether oxygens (including phenoxy) is 1. The third kappa shape index (κ3) is 3.32. The molecule has 0 amide bonds. The fraction of sp³-hybridized carbons (Fsp3) is 0.714. The van der Waals surface area contributed by atoms with Gasteiger partial charge in [-0.15, -0.1) is 11.3 Å². The molecule has 0 radical (unpaired) electrons. The van der Waals surface area contributed by atoms with E-state index in [-0.39, 0.29) is 6.10 Å². The molecule has 0 aliphatic carbocycles. The first-order valence-electron chi connectivity index (χ1n) is 6.88. The molecule has 1 aromatic heterocycles. The summed E-state index contributed by atoms with van der Waals surface area (Å²) >= 11 is 1.88. The van der Waals surface area contributed by atoms with Gasteiger partial charge in [0.2, 0.25) is 0 Å². The van der Waals surface area contributed by atoms with Gasteiger partial charge in [0.15, 0.2) is 0 Å². The van der Waals surface area contributed by atoms with E-state index in [0.29, 0.717) is 6.04 Å². The van der Waals surface area contributed by atoms with Gasteiger partial charge in [0.25, 0.3) is 0 Å². The zero-order valence-corrected chi connectivity index (χ0v) is 12.4. The van der Waals surface area contributed by atoms with Crippen molar-refractivity contribution >= 4 is 11.3 Å². The van der Waals surface area contributed by atoms with Gasteiger partial charge in [0.1, 0.15) is 0 Å². The number of rotatable bonds is 5. The normalized spacial score (nSPS) is 23.2. The summed E-state index contributed by atoms with van der Waals surface area (Å²) in [6.45, 7) is 11.6. The van der Waals surface area contributed by atoms with Crippen LogP contribution in [0.25, 0.3) is 0 Å². The van der Waals surface area contributed by atoms with Crippen LogP contribution >= 0.6 is 11.3 Å². The molecular formula is C14H24N2OS. The van der Waals surface area contributed by atoms with E-state index in [9.17, 15) is 0 Å². The zero-order valence-electron chi connectivity index (χ0n) is 11.6. The van der Waals surface area contributed by atoms with Crippen LogP contribution in [0.15, 0.2) is 12.1 Å². The van der Waals surface area contributed by atoms with E-state index in [2.05, 4.69) is 43.1 Å². The van der Waals surface area contributed by atoms with Crippen molar-refractivity contribution in [2.45, 2.75) is 32.9 Å². The average molecular weight is 268 g/mol. The highest BCUT2D eigenvalue weighted by Gasteiger charge is 2.28. The molecule has 1 aliphatic rings. The highest BCUT2D eigenvalue weighted by molar-refractivity contribution is 7.12. The molecule has 2 unspecified atom stereocenters. The third-order valence-electron chi connectivity index (χ3n) is 3.49. The quantitative estimate of drug-likeness (QED) is 0.887. The van der Waals surface area contributed by atoms with Crippen LogP contribution < -0.4 is 5.32 Å². The van der Waals surface area contributed by atoms with Crippen molar-refractivity contribution in [2.75, 3.05) is 32.8 Å². The Labute approximate surface area is 114 Å². The minimum atomic E-state index is 0.275. The topological polar surface area (TPSA) is 24.5 Å². The molecule has 1 aliphatic heterocycles. The van der Waals surface area contributed by atoms with E-state index in [0.717, 1.165) is 32.8 Å². The van der Waals surface area contributed by atoms with Gasteiger partial charge >= 0.3 is 0 Å². The van der Waals surface area contributed by atoms with Gasteiger partial charge in [0, 0.05) is 22.8 Å². The number of hydrogen-bond acceptors (Lipinski definition) is 4. The Kier molecular flexibility index (Phi) is 5.18. The lowest BCUT2D eigenvalue weighted by Gasteiger charge is -2.36. The summed E-state index contributed by atoms with van der Waals surface area (Å²) < 4.78 is 5.99. The number of aryl methyl sites for hydroxylation is 1. The number of likely N-dealkylation sites (N-methyl/N-ethyl adjacent to an activating group) is 2. The van der Waals surface area contributed by atoms with Crippen LogP contribution in [0.3, 0.4) is 0 Å². The van der Waals surface area contributed by atoms with Gasteiger partial charge in [-0.05, 0) is 32.1 Å². The van der Waals surface area contributed by atoms with Crippen molar-refractivity contribution in [1.82, 2.24) is 10.2 Å². The second-order valence-corrected chi connectivity index (χ2v) is 6.11. The van der Waals surface area contributed by atoms with Crippen molar-refractivity contribution in [3.8, 4) is 0 Å². The maximum atomic E-state index is 5.99. The SMILES string of the molecule is CCNC(c1ccc(C)s1)C1CN(CC)CCO1. The summed E-state index contributed by atoms with van der Waals surface area (Å²) in [6.07, 6.45) is 0.275. The molecule has 102 valence electrons. The molecule has 1 fully saturated rings. The Balaban J connectivity index is 2.09. The molecule has 18 heavy (non-hydrogen) atoms. The summed E-state index contributed by atoms with van der Waals surface area (Å²) in [4.78, 5) is 5.24. The number of hydrogen-bond donors (Lipinski definition) is 1. The van der Waals surface area contributed by atoms with Crippen LogP contribution in [0.2, 0.25) is 0 Å². The zero-order chi connectivity index (χ0) is 13.0. The molecule has 0 spiro atoms. The molecule has 2 rings (SSSR count). The predicted molar refractivity (Wildman–Crippen MR) is 77.3 cm³/mol. The summed E-state index contributed by atoms with van der Waals surface area (Å²) in [5.41, 5.74) is 0. The van der Waals surface area contributed by atoms with Crippen LogP contribution in [0.4, 0.5) is 0 Å². The Bertz CT molecular complexity index is 366. The minimum absolute atomic E-state index is 0.275. The van der Waals surface area contributed by atoms with Gasteiger partial charge in [-0.3, -0.25) is 4.90 Å². The van der Waals surface area contributed by atoms with Gasteiger partial charge in [-0.25, -0.2) is 0 Å². The Morgan fingerprint density at radius 3 is 2.94 bits per heavy atom. The van der Waals surface area contributed by atoms with Crippen molar-refractivity contribution in [2.24, 2.45) is 0 Å². The molecule has 2 atom stereocenters. The van der Waals surface area contributed by atoms with E-state index in [4.69, 9.17) is 4.74 Å². The molecule has 0 bridgehead atoms. The summed E-state index contributed by atoms with van der Waals surface area (Å²) in [5.74, 6) is 0. The lowest BCUT2D eigenvalue weighted by Crippen LogP contribution is -2.47. The van der Waals surface area contributed by atoms with E-state index in [1.165, 1.54) is 9.75 Å². The monoisotopic (exact) mass is 268 g/mol. The molecule has 3 nitrogen and oxygen atoms in total. The summed E-state index contributed by atoms with van der Waals surface area (Å²) in [7, 11) is 0. The first kappa shape index (κ1) is 14.0. The van der Waals surface area contributed by atoms with Gasteiger partial charge in [0.05, 0.1) is 18.8 Å². The fourth-order valence-electron chi connectivity index (χ4n) is 2.48. The van der Waals surface area contributed by atoms with Crippen LogP contribution in [-0.4, -0.2) is 43.8 Å². The molecule has 0 aromatic carbocycles. The van der Waals surface area contributed by atoms with Crippen LogP contribution in [0, 0.1) is 6.92 Å². The van der Waals surface area contributed by atoms with E-state index < -0.39 is 0 Å². The van der Waals surface area contributed by atoms with Crippen molar-refractivity contribution in [3.05, 3.63) is 21.9 Å². The van der Waals surface area contributed by atoms with Gasteiger partial charge < -0.3 is 10.1 Å². The van der Waals surface area contributed by atoms with E-state index in [1.54, 1.807) is 0 Å². The molecule has 2 heterocycles. The molecule has 1 saturated heterocycles. The van der Waals surface area contributed by atoms with Gasteiger partial charge in [-0.2, -0.15) is 0 Å². The number of nitrogens with one attached hydrogen (secondary N) is 1. The second-order valence-electron chi connectivity index (χ2n) is 4.79. The molecule has 0 saturated carbocycles. The number of morpholine rings is 1. The van der Waals surface area contributed by atoms with Crippen LogP contribution in [0.1, 0.15) is 29.6 Å². The molecule has 1 N–H and O–H groups in total. The molecule has 1 aromatic rings. The first-order valence-corrected chi connectivity index (χ1v) is 7.70. The summed E-state index contributed by atoms with van der Waals surface area (Å²) in [6, 6.07) is 4.77. The highest BCUT2D eigenvalue weighted by Crippen LogP contribution is 2.28. The lowest BCUT2D eigenvalue weighted by atomic mass is 10.1. The maximum absolute atomic E-state index is 5.99. The highest BCUT2D eigenvalue weighted by atomic mass is 32.1. The van der Waals surface area contributed by atoms with Crippen LogP contribution in [-0.2, 0) is 4.74 Å². The van der Waals surface area contributed by atoms with Crippen molar-refractivity contribution in [3.63, 3.8) is 0 Å². The first-order chi connectivity index (χ1) is 8.74. The van der Waals surface area contributed by atoms with Crippen molar-refractivity contribution < 1.29 is 4.74 Å². The lowest BCUT2D eigenvalue weighted by molar-refractivity contribution is -0.0447. The molecular weight excluding hydrogens is 244 g/mol. The van der Waals surface area contributed by atoms with Gasteiger partial charge in [-0.1, -0.05) is 13.8 Å².